The number of benzene rings is 1. The van der Waals surface area contributed by atoms with Crippen LogP contribution in [0.3, 0.4) is 0 Å². The average molecular weight is 338 g/mol. The van der Waals surface area contributed by atoms with E-state index in [0.717, 1.165) is 10.5 Å². The molecule has 1 aromatic rings. The molecule has 0 aromatic heterocycles. The molecule has 0 atom stereocenters. The summed E-state index contributed by atoms with van der Waals surface area (Å²) in [6.45, 7) is 2.95. The maximum absolute atomic E-state index is 12.0. The third-order valence-electron chi connectivity index (χ3n) is 3.28. The van der Waals surface area contributed by atoms with Crippen LogP contribution in [0.4, 0.5) is 4.79 Å². The van der Waals surface area contributed by atoms with E-state index in [-0.39, 0.29) is 6.54 Å². The maximum atomic E-state index is 12.0. The molecule has 2 rings (SSSR count). The summed E-state index contributed by atoms with van der Waals surface area (Å²) in [6, 6.07) is 5.71. The van der Waals surface area contributed by atoms with Crippen molar-refractivity contribution in [1.29, 1.82) is 0 Å². The summed E-state index contributed by atoms with van der Waals surface area (Å²) in [5.41, 5.74) is 0.782. The van der Waals surface area contributed by atoms with E-state index in [1.54, 1.807) is 38.1 Å². The van der Waals surface area contributed by atoms with Gasteiger partial charge >= 0.3 is 17.8 Å². The van der Waals surface area contributed by atoms with Gasteiger partial charge in [0.1, 0.15) is 6.54 Å². The number of carbonyl (C=O) groups excluding carboxylic acids is 4. The van der Waals surface area contributed by atoms with Crippen LogP contribution in [0.1, 0.15) is 19.4 Å². The minimum absolute atomic E-state index is 0.206. The van der Waals surface area contributed by atoms with Crippen molar-refractivity contribution < 1.29 is 19.2 Å². The van der Waals surface area contributed by atoms with Crippen LogP contribution in [0.25, 0.3) is 0 Å². The van der Waals surface area contributed by atoms with Crippen molar-refractivity contribution >= 4 is 35.4 Å². The molecule has 0 bridgehead atoms. The van der Waals surface area contributed by atoms with Gasteiger partial charge in [0.15, 0.2) is 0 Å². The van der Waals surface area contributed by atoms with E-state index in [2.05, 4.69) is 5.32 Å². The lowest BCUT2D eigenvalue weighted by Gasteiger charge is -2.18. The number of hydrogen-bond donors (Lipinski definition) is 1. The minimum atomic E-state index is -0.985. The maximum Gasteiger partial charge on any atom is 0.334 e. The fourth-order valence-corrected chi connectivity index (χ4v) is 2.38. The molecule has 7 nitrogen and oxygen atoms in total. The highest BCUT2D eigenvalue weighted by atomic mass is 35.5. The monoisotopic (exact) mass is 337 g/mol. The van der Waals surface area contributed by atoms with Gasteiger partial charge in [0, 0.05) is 17.6 Å². The Kier molecular flexibility index (Phi) is 5.00. The smallest absolute Gasteiger partial charge is 0.334 e. The van der Waals surface area contributed by atoms with Gasteiger partial charge in [-0.05, 0) is 31.5 Å². The molecule has 1 heterocycles. The van der Waals surface area contributed by atoms with E-state index < -0.39 is 36.3 Å². The molecule has 0 saturated carbocycles. The van der Waals surface area contributed by atoms with E-state index in [9.17, 15) is 19.2 Å². The number of imide groups is 2. The van der Waals surface area contributed by atoms with Crippen LogP contribution in [0, 0.1) is 0 Å². The van der Waals surface area contributed by atoms with Crippen LogP contribution in [0.15, 0.2) is 24.3 Å². The summed E-state index contributed by atoms with van der Waals surface area (Å²) in [5, 5.41) is 3.12. The van der Waals surface area contributed by atoms with E-state index in [1.807, 2.05) is 0 Å². The molecule has 0 aliphatic carbocycles. The number of rotatable bonds is 5. The quantitative estimate of drug-likeness (QED) is 0.645. The van der Waals surface area contributed by atoms with Gasteiger partial charge in [-0.3, -0.25) is 19.3 Å². The number of nitrogens with one attached hydrogen (secondary N) is 1. The minimum Gasteiger partial charge on any atom is -0.350 e. The second-order valence-electron chi connectivity index (χ2n) is 5.35. The second kappa shape index (κ2) is 6.78. The summed E-state index contributed by atoms with van der Waals surface area (Å²) >= 11 is 5.84. The lowest BCUT2D eigenvalue weighted by atomic mass is 10.2. The molecular weight excluding hydrogens is 322 g/mol. The topological polar surface area (TPSA) is 86.8 Å². The predicted molar refractivity (Wildman–Crippen MR) is 82.4 cm³/mol. The first-order chi connectivity index (χ1) is 10.8. The highest BCUT2D eigenvalue weighted by Gasteiger charge is 2.46. The van der Waals surface area contributed by atoms with E-state index in [0.29, 0.717) is 9.92 Å². The molecule has 1 saturated heterocycles. The van der Waals surface area contributed by atoms with Crippen molar-refractivity contribution in [2.75, 3.05) is 6.54 Å². The molecule has 1 N–H and O–H groups in total. The van der Waals surface area contributed by atoms with Crippen LogP contribution >= 0.6 is 11.6 Å². The summed E-state index contributed by atoms with van der Waals surface area (Å²) in [7, 11) is 0. The van der Waals surface area contributed by atoms with Crippen molar-refractivity contribution in [1.82, 2.24) is 15.1 Å². The standard InChI is InChI=1S/C15H16ClN3O4/c1-9(2)19-14(22)13(21)18(15(19)23)8-12(20)17-7-10-4-3-5-11(16)6-10/h3-6,9H,7-8H2,1-2H3,(H,17,20). The molecular formula is C15H16ClN3O4. The SMILES string of the molecule is CC(C)N1C(=O)C(=O)N(CC(=O)NCc2cccc(Cl)c2)C1=O. The van der Waals surface area contributed by atoms with Crippen LogP contribution in [0.2, 0.25) is 5.02 Å². The molecule has 0 radical (unpaired) electrons. The van der Waals surface area contributed by atoms with E-state index >= 15 is 0 Å². The first-order valence-electron chi connectivity index (χ1n) is 7.01. The fraction of sp³-hybridized carbons (Fsp3) is 0.333. The van der Waals surface area contributed by atoms with Crippen LogP contribution in [-0.4, -0.2) is 46.1 Å². The van der Waals surface area contributed by atoms with Gasteiger partial charge in [-0.1, -0.05) is 23.7 Å². The van der Waals surface area contributed by atoms with Gasteiger partial charge in [0.05, 0.1) is 0 Å². The van der Waals surface area contributed by atoms with Crippen LogP contribution < -0.4 is 5.32 Å². The largest absolute Gasteiger partial charge is 0.350 e. The lowest BCUT2D eigenvalue weighted by molar-refractivity contribution is -0.144. The molecule has 8 heteroatoms. The molecule has 0 spiro atoms. The Morgan fingerprint density at radius 2 is 1.91 bits per heavy atom. The summed E-state index contributed by atoms with van der Waals surface area (Å²) < 4.78 is 0. The van der Waals surface area contributed by atoms with Gasteiger partial charge in [0.25, 0.3) is 0 Å². The van der Waals surface area contributed by atoms with Gasteiger partial charge in [-0.15, -0.1) is 0 Å². The Morgan fingerprint density at radius 1 is 1.22 bits per heavy atom. The zero-order valence-electron chi connectivity index (χ0n) is 12.7. The number of carbonyl (C=O) groups is 4. The molecule has 1 fully saturated rings. The average Bonchev–Trinajstić information content (AvgIpc) is 2.69. The predicted octanol–water partition coefficient (Wildman–Crippen LogP) is 1.16. The van der Waals surface area contributed by atoms with Crippen molar-refractivity contribution in [3.05, 3.63) is 34.9 Å². The van der Waals surface area contributed by atoms with Gasteiger partial charge in [-0.2, -0.15) is 0 Å². The van der Waals surface area contributed by atoms with Gasteiger partial charge in [-0.25, -0.2) is 9.69 Å². The molecule has 1 aromatic carbocycles. The number of urea groups is 1. The molecule has 122 valence electrons. The summed E-state index contributed by atoms with van der Waals surface area (Å²) in [6.07, 6.45) is 0. The number of halogens is 1. The van der Waals surface area contributed by atoms with Gasteiger partial charge in [0.2, 0.25) is 5.91 Å². The van der Waals surface area contributed by atoms with Gasteiger partial charge < -0.3 is 5.32 Å². The zero-order valence-corrected chi connectivity index (χ0v) is 13.5. The third-order valence-corrected chi connectivity index (χ3v) is 3.52. The normalized spacial score (nSPS) is 14.9. The molecule has 0 unspecified atom stereocenters. The summed E-state index contributed by atoms with van der Waals surface area (Å²) in [5.74, 6) is -2.43. The van der Waals surface area contributed by atoms with Crippen molar-refractivity contribution in [3.63, 3.8) is 0 Å². The van der Waals surface area contributed by atoms with Crippen molar-refractivity contribution in [3.8, 4) is 0 Å². The second-order valence-corrected chi connectivity index (χ2v) is 5.79. The highest BCUT2D eigenvalue weighted by Crippen LogP contribution is 2.15. The lowest BCUT2D eigenvalue weighted by Crippen LogP contribution is -2.42. The summed E-state index contributed by atoms with van der Waals surface area (Å²) in [4.78, 5) is 49.0. The van der Waals surface area contributed by atoms with E-state index in [4.69, 9.17) is 11.6 Å². The Balaban J connectivity index is 1.96. The Bertz CT molecular complexity index is 674. The first kappa shape index (κ1) is 17.0. The molecule has 23 heavy (non-hydrogen) atoms. The van der Waals surface area contributed by atoms with Crippen LogP contribution in [-0.2, 0) is 20.9 Å². The van der Waals surface area contributed by atoms with E-state index in [1.165, 1.54) is 0 Å². The molecule has 1 aliphatic rings. The Labute approximate surface area is 138 Å². The van der Waals surface area contributed by atoms with Crippen molar-refractivity contribution in [2.24, 2.45) is 0 Å². The first-order valence-corrected chi connectivity index (χ1v) is 7.39. The number of hydrogen-bond acceptors (Lipinski definition) is 4. The highest BCUT2D eigenvalue weighted by molar-refractivity contribution is 6.45. The fourth-order valence-electron chi connectivity index (χ4n) is 2.16. The van der Waals surface area contributed by atoms with Crippen molar-refractivity contribution in [2.45, 2.75) is 26.4 Å². The third kappa shape index (κ3) is 3.68. The zero-order chi connectivity index (χ0) is 17.1. The Morgan fingerprint density at radius 3 is 2.48 bits per heavy atom. The molecule has 5 amide bonds. The molecule has 1 aliphatic heterocycles. The number of amides is 5. The Hall–Kier alpha value is -2.41. The number of nitrogens with zero attached hydrogens (tertiary/aromatic N) is 2. The van der Waals surface area contributed by atoms with Crippen LogP contribution in [0.5, 0.6) is 0 Å².